The molecule has 0 saturated heterocycles. The van der Waals surface area contributed by atoms with Crippen LogP contribution in [0.5, 0.6) is 0 Å². The summed E-state index contributed by atoms with van der Waals surface area (Å²) in [4.78, 5) is 13.3. The Hall–Kier alpha value is -0.250. The fourth-order valence-electron chi connectivity index (χ4n) is 0.667. The van der Waals surface area contributed by atoms with Crippen molar-refractivity contribution in [2.24, 2.45) is 0 Å². The van der Waals surface area contributed by atoms with Crippen LogP contribution in [0.3, 0.4) is 0 Å². The van der Waals surface area contributed by atoms with Crippen LogP contribution in [-0.4, -0.2) is 34.5 Å². The molecule has 0 saturated carbocycles. The highest BCUT2D eigenvalue weighted by atomic mass is 79.9. The topological polar surface area (TPSA) is 29.5 Å². The maximum absolute atomic E-state index is 11.6. The summed E-state index contributed by atoms with van der Waals surface area (Å²) in [6.07, 6.45) is -0.290. The third-order valence-electron chi connectivity index (χ3n) is 1.90. The Bertz CT molecular complexity index is 209. The molecule has 0 aliphatic carbocycles. The summed E-state index contributed by atoms with van der Waals surface area (Å²) in [5.74, 6) is 0. The van der Waals surface area contributed by atoms with Gasteiger partial charge in [-0.3, -0.25) is 0 Å². The molecule has 0 aromatic rings. The number of nitrogens with zero attached hydrogens (tertiary/aromatic N) is 1. The Kier molecular flexibility index (Phi) is 4.43. The van der Waals surface area contributed by atoms with Crippen molar-refractivity contribution >= 4 is 22.0 Å². The second-order valence-electron chi connectivity index (χ2n) is 4.99. The number of hydrogen-bond acceptors (Lipinski definition) is 2. The molecule has 84 valence electrons. The van der Waals surface area contributed by atoms with Crippen LogP contribution < -0.4 is 0 Å². The highest BCUT2D eigenvalue weighted by molar-refractivity contribution is 9.09. The molecule has 0 aromatic heterocycles. The van der Waals surface area contributed by atoms with E-state index in [1.165, 1.54) is 0 Å². The maximum atomic E-state index is 11.6. The number of rotatable bonds is 2. The quantitative estimate of drug-likeness (QED) is 0.719. The van der Waals surface area contributed by atoms with Crippen molar-refractivity contribution < 1.29 is 9.53 Å². The molecule has 0 aliphatic heterocycles. The number of ether oxygens (including phenoxy) is 1. The normalized spacial score (nSPS) is 12.5. The van der Waals surface area contributed by atoms with E-state index in [2.05, 4.69) is 15.9 Å². The summed E-state index contributed by atoms with van der Waals surface area (Å²) in [6.45, 7) is 9.54. The SMILES string of the molecule is CN(C(=O)OC(C)(C)C)C(C)(C)CBr. The standard InChI is InChI=1S/C10H20BrNO2/c1-9(2,3)14-8(13)12(6)10(4,5)7-11/h7H2,1-6H3. The number of carbonyl (C=O) groups excluding carboxylic acids is 1. The predicted molar refractivity (Wildman–Crippen MR) is 61.9 cm³/mol. The van der Waals surface area contributed by atoms with Crippen LogP contribution in [0.2, 0.25) is 0 Å². The van der Waals surface area contributed by atoms with E-state index in [0.29, 0.717) is 0 Å². The molecule has 1 amide bonds. The summed E-state index contributed by atoms with van der Waals surface area (Å²) in [7, 11) is 1.75. The van der Waals surface area contributed by atoms with Gasteiger partial charge in [0.05, 0.1) is 0 Å². The van der Waals surface area contributed by atoms with Crippen molar-refractivity contribution in [2.75, 3.05) is 12.4 Å². The molecule has 0 aromatic carbocycles. The number of amides is 1. The van der Waals surface area contributed by atoms with Crippen LogP contribution in [0.25, 0.3) is 0 Å². The van der Waals surface area contributed by atoms with E-state index in [0.717, 1.165) is 5.33 Å². The van der Waals surface area contributed by atoms with Crippen LogP contribution in [-0.2, 0) is 4.74 Å². The Morgan fingerprint density at radius 3 is 2.00 bits per heavy atom. The molecule has 0 heterocycles. The zero-order valence-corrected chi connectivity index (χ0v) is 11.4. The van der Waals surface area contributed by atoms with Gasteiger partial charge in [0.15, 0.2) is 0 Å². The van der Waals surface area contributed by atoms with E-state index in [9.17, 15) is 4.79 Å². The first-order valence-corrected chi connectivity index (χ1v) is 5.75. The number of hydrogen-bond donors (Lipinski definition) is 0. The molecule has 0 fully saturated rings. The van der Waals surface area contributed by atoms with Gasteiger partial charge in [-0.25, -0.2) is 4.79 Å². The molecule has 3 nitrogen and oxygen atoms in total. The van der Waals surface area contributed by atoms with Crippen molar-refractivity contribution in [1.29, 1.82) is 0 Å². The second kappa shape index (κ2) is 4.51. The zero-order valence-electron chi connectivity index (χ0n) is 9.85. The fraction of sp³-hybridized carbons (Fsp3) is 0.900. The molecule has 4 heteroatoms. The highest BCUT2D eigenvalue weighted by Crippen LogP contribution is 2.18. The lowest BCUT2D eigenvalue weighted by molar-refractivity contribution is 0.0147. The molecule has 14 heavy (non-hydrogen) atoms. The molecule has 0 spiro atoms. The summed E-state index contributed by atoms with van der Waals surface area (Å²) in [5.41, 5.74) is -0.671. The van der Waals surface area contributed by atoms with Crippen LogP contribution in [0.15, 0.2) is 0 Å². The Balaban J connectivity index is 4.41. The highest BCUT2D eigenvalue weighted by Gasteiger charge is 2.29. The van der Waals surface area contributed by atoms with Gasteiger partial charge in [-0.1, -0.05) is 15.9 Å². The maximum Gasteiger partial charge on any atom is 0.410 e. The first-order chi connectivity index (χ1) is 6.10. The van der Waals surface area contributed by atoms with Gasteiger partial charge >= 0.3 is 6.09 Å². The van der Waals surface area contributed by atoms with Crippen LogP contribution in [0.4, 0.5) is 4.79 Å². The summed E-state index contributed by atoms with van der Waals surface area (Å²) < 4.78 is 5.25. The lowest BCUT2D eigenvalue weighted by Crippen LogP contribution is -2.48. The second-order valence-corrected chi connectivity index (χ2v) is 5.55. The van der Waals surface area contributed by atoms with Gasteiger partial charge in [-0.2, -0.15) is 0 Å². The van der Waals surface area contributed by atoms with Crippen molar-refractivity contribution in [3.05, 3.63) is 0 Å². The van der Waals surface area contributed by atoms with Crippen LogP contribution in [0.1, 0.15) is 34.6 Å². The molecule has 0 unspecified atom stereocenters. The first kappa shape index (κ1) is 13.8. The van der Waals surface area contributed by atoms with E-state index in [1.54, 1.807) is 11.9 Å². The lowest BCUT2D eigenvalue weighted by atomic mass is 10.1. The lowest BCUT2D eigenvalue weighted by Gasteiger charge is -2.35. The van der Waals surface area contributed by atoms with E-state index in [4.69, 9.17) is 4.74 Å². The predicted octanol–water partition coefficient (Wildman–Crippen LogP) is 3.03. The summed E-state index contributed by atoms with van der Waals surface area (Å²) in [5, 5.41) is 0.718. The molecule has 0 rings (SSSR count). The molecule has 0 bridgehead atoms. The molecular formula is C10H20BrNO2. The van der Waals surface area contributed by atoms with Crippen LogP contribution >= 0.6 is 15.9 Å². The monoisotopic (exact) mass is 265 g/mol. The fourth-order valence-corrected chi connectivity index (χ4v) is 1.04. The Morgan fingerprint density at radius 1 is 1.29 bits per heavy atom. The van der Waals surface area contributed by atoms with Gasteiger partial charge in [0.1, 0.15) is 5.60 Å². The zero-order chi connectivity index (χ0) is 11.6. The summed E-state index contributed by atoms with van der Waals surface area (Å²) >= 11 is 3.37. The van der Waals surface area contributed by atoms with Gasteiger partial charge < -0.3 is 9.64 Å². The van der Waals surface area contributed by atoms with Crippen molar-refractivity contribution in [2.45, 2.75) is 45.8 Å². The smallest absolute Gasteiger partial charge is 0.410 e. The van der Waals surface area contributed by atoms with Gasteiger partial charge in [-0.05, 0) is 34.6 Å². The minimum Gasteiger partial charge on any atom is -0.444 e. The van der Waals surface area contributed by atoms with E-state index in [-0.39, 0.29) is 11.6 Å². The average molecular weight is 266 g/mol. The number of carbonyl (C=O) groups is 1. The average Bonchev–Trinajstić information content (AvgIpc) is 2.00. The third kappa shape index (κ3) is 4.31. The number of alkyl halides is 1. The van der Waals surface area contributed by atoms with E-state index < -0.39 is 5.60 Å². The van der Waals surface area contributed by atoms with Crippen molar-refractivity contribution in [1.82, 2.24) is 4.90 Å². The van der Waals surface area contributed by atoms with Gasteiger partial charge in [-0.15, -0.1) is 0 Å². The molecular weight excluding hydrogens is 246 g/mol. The molecule has 0 atom stereocenters. The third-order valence-corrected chi connectivity index (χ3v) is 3.27. The first-order valence-electron chi connectivity index (χ1n) is 4.63. The molecule has 0 radical (unpaired) electrons. The molecule has 0 N–H and O–H groups in total. The van der Waals surface area contributed by atoms with Crippen molar-refractivity contribution in [3.8, 4) is 0 Å². The van der Waals surface area contributed by atoms with Gasteiger partial charge in [0.2, 0.25) is 0 Å². The van der Waals surface area contributed by atoms with Crippen LogP contribution in [0, 0.1) is 0 Å². The minimum absolute atomic E-state index is 0.234. The van der Waals surface area contributed by atoms with Gasteiger partial charge in [0.25, 0.3) is 0 Å². The largest absolute Gasteiger partial charge is 0.444 e. The minimum atomic E-state index is -0.437. The number of halogens is 1. The van der Waals surface area contributed by atoms with Crippen molar-refractivity contribution in [3.63, 3.8) is 0 Å². The van der Waals surface area contributed by atoms with Gasteiger partial charge in [0, 0.05) is 17.9 Å². The van der Waals surface area contributed by atoms with E-state index in [1.807, 2.05) is 34.6 Å². The Labute approximate surface area is 94.9 Å². The Morgan fingerprint density at radius 2 is 1.71 bits per heavy atom. The summed E-state index contributed by atoms with van der Waals surface area (Å²) in [6, 6.07) is 0. The molecule has 0 aliphatic rings. The van der Waals surface area contributed by atoms with E-state index >= 15 is 0 Å².